The van der Waals surface area contributed by atoms with Gasteiger partial charge in [-0.25, -0.2) is 9.59 Å². The van der Waals surface area contributed by atoms with Crippen LogP contribution in [0.1, 0.15) is 114 Å². The Labute approximate surface area is 224 Å². The molecule has 1 aromatic carbocycles. The van der Waals surface area contributed by atoms with Gasteiger partial charge in [-0.1, -0.05) is 70.0 Å². The Morgan fingerprint density at radius 1 is 0.919 bits per heavy atom. The van der Waals surface area contributed by atoms with Crippen LogP contribution < -0.4 is 0 Å². The molecule has 5 nitrogen and oxygen atoms in total. The second-order valence-corrected chi connectivity index (χ2v) is 10.7. The molecule has 0 aliphatic heterocycles. The summed E-state index contributed by atoms with van der Waals surface area (Å²) in [5, 5.41) is 9.02. The van der Waals surface area contributed by atoms with Crippen LogP contribution in [0, 0.1) is 5.92 Å². The average Bonchev–Trinajstić information content (AvgIpc) is 2.92. The number of carbonyl (C=O) groups is 2. The molecule has 1 aliphatic rings. The maximum Gasteiger partial charge on any atom is 0.335 e. The number of aliphatic hydroxyl groups is 1. The number of hydrogen-bond donors (Lipinski definition) is 1. The Hall–Kier alpha value is -2.40. The number of benzene rings is 1. The van der Waals surface area contributed by atoms with Gasteiger partial charge in [-0.3, -0.25) is 0 Å². The molecule has 206 valence electrons. The molecule has 1 unspecified atom stereocenters. The number of unbranched alkanes of at least 4 members (excludes halogenated alkanes) is 2. The minimum Gasteiger partial charge on any atom is -0.462 e. The van der Waals surface area contributed by atoms with Gasteiger partial charge in [0.1, 0.15) is 0 Å². The molecular formula is C32H48O5. The Morgan fingerprint density at radius 2 is 1.51 bits per heavy atom. The van der Waals surface area contributed by atoms with E-state index in [9.17, 15) is 9.59 Å². The minimum atomic E-state index is -0.546. The first-order valence-electron chi connectivity index (χ1n) is 14.2. The van der Waals surface area contributed by atoms with Crippen molar-refractivity contribution in [3.8, 4) is 0 Å². The number of hydrogen-bond acceptors (Lipinski definition) is 5. The topological polar surface area (TPSA) is 72.8 Å². The Bertz CT molecular complexity index is 848. The summed E-state index contributed by atoms with van der Waals surface area (Å²) < 4.78 is 10.5. The molecule has 1 aliphatic carbocycles. The quantitative estimate of drug-likeness (QED) is 0.134. The molecule has 1 fully saturated rings. The molecule has 1 N–H and O–H groups in total. The van der Waals surface area contributed by atoms with Crippen LogP contribution in [0.4, 0.5) is 0 Å². The molecule has 0 heterocycles. The summed E-state index contributed by atoms with van der Waals surface area (Å²) in [6.45, 7) is 11.3. The van der Waals surface area contributed by atoms with Crippen LogP contribution in [0.3, 0.4) is 0 Å². The van der Waals surface area contributed by atoms with Crippen molar-refractivity contribution in [1.82, 2.24) is 0 Å². The third-order valence-electron chi connectivity index (χ3n) is 7.63. The molecule has 0 radical (unpaired) electrons. The summed E-state index contributed by atoms with van der Waals surface area (Å²) >= 11 is 0. The molecular weight excluding hydrogens is 464 g/mol. The first-order valence-corrected chi connectivity index (χ1v) is 14.2. The van der Waals surface area contributed by atoms with Crippen molar-refractivity contribution in [3.63, 3.8) is 0 Å². The Kier molecular flexibility index (Phi) is 14.3. The lowest BCUT2D eigenvalue weighted by Gasteiger charge is -2.29. The van der Waals surface area contributed by atoms with Gasteiger partial charge in [0.2, 0.25) is 0 Å². The SMILES string of the molecule is C=C(C)C(=O)OCCCC(CCCOC(=O)C(=C)CO)c1ccc(C2CCC(CCCCC)CC2)cc1. The van der Waals surface area contributed by atoms with Crippen LogP contribution in [0.5, 0.6) is 0 Å². The second kappa shape index (κ2) is 17.2. The van der Waals surface area contributed by atoms with Gasteiger partial charge in [0, 0.05) is 5.57 Å². The van der Waals surface area contributed by atoms with Crippen LogP contribution in [-0.4, -0.2) is 36.9 Å². The van der Waals surface area contributed by atoms with Crippen molar-refractivity contribution in [2.75, 3.05) is 19.8 Å². The molecule has 37 heavy (non-hydrogen) atoms. The molecule has 5 heteroatoms. The van der Waals surface area contributed by atoms with Crippen molar-refractivity contribution in [2.45, 2.75) is 103 Å². The van der Waals surface area contributed by atoms with E-state index < -0.39 is 12.6 Å². The van der Waals surface area contributed by atoms with E-state index in [1.165, 1.54) is 62.5 Å². The van der Waals surface area contributed by atoms with Crippen molar-refractivity contribution >= 4 is 11.9 Å². The summed E-state index contributed by atoms with van der Waals surface area (Å²) in [4.78, 5) is 23.4. The summed E-state index contributed by atoms with van der Waals surface area (Å²) in [6.07, 6.45) is 13.9. The predicted octanol–water partition coefficient (Wildman–Crippen LogP) is 7.40. The number of rotatable bonds is 17. The lowest BCUT2D eigenvalue weighted by atomic mass is 9.76. The molecule has 1 atom stereocenters. The number of aliphatic hydroxyl groups excluding tert-OH is 1. The summed E-state index contributed by atoms with van der Waals surface area (Å²) in [6, 6.07) is 9.12. The summed E-state index contributed by atoms with van der Waals surface area (Å²) in [7, 11) is 0. The molecule has 0 amide bonds. The van der Waals surface area contributed by atoms with Gasteiger partial charge in [0.15, 0.2) is 0 Å². The van der Waals surface area contributed by atoms with Gasteiger partial charge in [-0.15, -0.1) is 0 Å². The van der Waals surface area contributed by atoms with Gasteiger partial charge < -0.3 is 14.6 Å². The first-order chi connectivity index (χ1) is 17.8. The highest BCUT2D eigenvalue weighted by atomic mass is 16.5. The van der Waals surface area contributed by atoms with Crippen molar-refractivity contribution < 1.29 is 24.2 Å². The Balaban J connectivity index is 1.91. The largest absolute Gasteiger partial charge is 0.462 e. The number of ether oxygens (including phenoxy) is 2. The molecule has 0 saturated heterocycles. The normalized spacial score (nSPS) is 18.1. The first kappa shape index (κ1) is 30.8. The molecule has 1 aromatic rings. The Morgan fingerprint density at radius 3 is 2.05 bits per heavy atom. The molecule has 2 rings (SSSR count). The average molecular weight is 513 g/mol. The van der Waals surface area contributed by atoms with Crippen LogP contribution >= 0.6 is 0 Å². The second-order valence-electron chi connectivity index (χ2n) is 10.7. The van der Waals surface area contributed by atoms with Crippen molar-refractivity contribution in [3.05, 3.63) is 59.7 Å². The lowest BCUT2D eigenvalue weighted by Crippen LogP contribution is -2.13. The third-order valence-corrected chi connectivity index (χ3v) is 7.63. The number of esters is 2. The zero-order chi connectivity index (χ0) is 27.0. The van der Waals surface area contributed by atoms with Gasteiger partial charge >= 0.3 is 11.9 Å². The van der Waals surface area contributed by atoms with E-state index in [1.807, 2.05) is 0 Å². The zero-order valence-corrected chi connectivity index (χ0v) is 23.1. The predicted molar refractivity (Wildman–Crippen MR) is 149 cm³/mol. The summed E-state index contributed by atoms with van der Waals surface area (Å²) in [5.41, 5.74) is 3.20. The van der Waals surface area contributed by atoms with E-state index in [2.05, 4.69) is 44.3 Å². The van der Waals surface area contributed by atoms with Gasteiger partial charge in [-0.2, -0.15) is 0 Å². The minimum absolute atomic E-state index is 0.0708. The summed E-state index contributed by atoms with van der Waals surface area (Å²) in [5.74, 6) is 0.962. The standard InChI is InChI=1S/C32H48O5/c1-5-6-7-10-26-13-15-28(16-14-26)30-19-17-29(18-20-30)27(11-8-21-36-31(34)24(2)3)12-9-22-37-32(35)25(4)23-33/h17-20,26-28,33H,2,4-16,21-23H2,1,3H3. The fourth-order valence-electron chi connectivity index (χ4n) is 5.26. The monoisotopic (exact) mass is 512 g/mol. The van der Waals surface area contributed by atoms with E-state index in [0.29, 0.717) is 31.1 Å². The van der Waals surface area contributed by atoms with Gasteiger partial charge in [0.05, 0.1) is 25.4 Å². The lowest BCUT2D eigenvalue weighted by molar-refractivity contribution is -0.140. The highest BCUT2D eigenvalue weighted by molar-refractivity contribution is 5.88. The van der Waals surface area contributed by atoms with Crippen LogP contribution in [0.25, 0.3) is 0 Å². The van der Waals surface area contributed by atoms with Crippen LogP contribution in [-0.2, 0) is 19.1 Å². The highest BCUT2D eigenvalue weighted by Crippen LogP contribution is 2.38. The van der Waals surface area contributed by atoms with E-state index in [1.54, 1.807) is 6.92 Å². The molecule has 1 saturated carbocycles. The van der Waals surface area contributed by atoms with Gasteiger partial charge in [-0.05, 0) is 87.2 Å². The fourth-order valence-corrected chi connectivity index (χ4v) is 5.26. The van der Waals surface area contributed by atoms with Gasteiger partial charge in [0.25, 0.3) is 0 Å². The maximum absolute atomic E-state index is 11.8. The smallest absolute Gasteiger partial charge is 0.335 e. The number of carbonyl (C=O) groups excluding carboxylic acids is 2. The van der Waals surface area contributed by atoms with Crippen molar-refractivity contribution in [2.24, 2.45) is 5.92 Å². The van der Waals surface area contributed by atoms with Crippen LogP contribution in [0.2, 0.25) is 0 Å². The van der Waals surface area contributed by atoms with E-state index in [0.717, 1.165) is 25.2 Å². The zero-order valence-electron chi connectivity index (χ0n) is 23.1. The van der Waals surface area contributed by atoms with E-state index in [-0.39, 0.29) is 17.5 Å². The van der Waals surface area contributed by atoms with Crippen LogP contribution in [0.15, 0.2) is 48.6 Å². The highest BCUT2D eigenvalue weighted by Gasteiger charge is 2.22. The maximum atomic E-state index is 11.8. The third kappa shape index (κ3) is 11.3. The van der Waals surface area contributed by atoms with E-state index >= 15 is 0 Å². The molecule has 0 aromatic heterocycles. The van der Waals surface area contributed by atoms with E-state index in [4.69, 9.17) is 14.6 Å². The molecule has 0 spiro atoms. The fraction of sp³-hybridized carbons (Fsp3) is 0.625. The van der Waals surface area contributed by atoms with Crippen molar-refractivity contribution in [1.29, 1.82) is 0 Å². The molecule has 0 bridgehead atoms.